The van der Waals surface area contributed by atoms with Crippen LogP contribution in [0.15, 0.2) is 0 Å². The van der Waals surface area contributed by atoms with E-state index in [1.54, 1.807) is 0 Å². The third-order valence-electron chi connectivity index (χ3n) is 4.01. The Morgan fingerprint density at radius 2 is 1.75 bits per heavy atom. The van der Waals surface area contributed by atoms with E-state index in [1.165, 1.54) is 45.2 Å². The van der Waals surface area contributed by atoms with Crippen LogP contribution in [0.25, 0.3) is 0 Å². The monoisotopic (exact) mass is 226 g/mol. The summed E-state index contributed by atoms with van der Waals surface area (Å²) in [6.45, 7) is 4.74. The maximum atomic E-state index is 9.83. The van der Waals surface area contributed by atoms with Crippen molar-refractivity contribution < 1.29 is 5.11 Å². The lowest BCUT2D eigenvalue weighted by molar-refractivity contribution is 0.0887. The molecular weight excluding hydrogens is 200 g/mol. The smallest absolute Gasteiger partial charge is 0.0693 e. The molecule has 16 heavy (non-hydrogen) atoms. The van der Waals surface area contributed by atoms with Gasteiger partial charge in [-0.1, -0.05) is 19.3 Å². The van der Waals surface area contributed by atoms with Gasteiger partial charge in [-0.3, -0.25) is 0 Å². The Kier molecular flexibility index (Phi) is 5.07. The van der Waals surface area contributed by atoms with Crippen LogP contribution in [0.3, 0.4) is 0 Å². The van der Waals surface area contributed by atoms with Crippen LogP contribution in [-0.4, -0.2) is 48.3 Å². The predicted molar refractivity (Wildman–Crippen MR) is 66.6 cm³/mol. The van der Waals surface area contributed by atoms with E-state index < -0.39 is 0 Å². The number of aliphatic hydroxyl groups is 1. The third-order valence-corrected chi connectivity index (χ3v) is 4.01. The normalized spacial score (nSPS) is 32.8. The molecule has 2 aliphatic rings. The van der Waals surface area contributed by atoms with Crippen LogP contribution in [0.5, 0.6) is 0 Å². The standard InChI is InChI=1S/C13H26N2O/c16-13-7-3-2-6-12(13)14-8-11-15-9-4-1-5-10-15/h12-14,16H,1-11H2/t12-,13-/m1/s1. The van der Waals surface area contributed by atoms with E-state index >= 15 is 0 Å². The van der Waals surface area contributed by atoms with E-state index in [-0.39, 0.29) is 6.10 Å². The Morgan fingerprint density at radius 1 is 1.00 bits per heavy atom. The summed E-state index contributed by atoms with van der Waals surface area (Å²) in [7, 11) is 0. The van der Waals surface area contributed by atoms with Crippen molar-refractivity contribution in [2.45, 2.75) is 57.1 Å². The molecule has 3 nitrogen and oxygen atoms in total. The van der Waals surface area contributed by atoms with Gasteiger partial charge in [0.1, 0.15) is 0 Å². The quantitative estimate of drug-likeness (QED) is 0.760. The largest absolute Gasteiger partial charge is 0.392 e. The SMILES string of the molecule is O[C@@H]1CCCC[C@H]1NCCN1CCCCC1. The zero-order chi connectivity index (χ0) is 11.2. The van der Waals surface area contributed by atoms with Crippen molar-refractivity contribution in [3.05, 3.63) is 0 Å². The van der Waals surface area contributed by atoms with Crippen molar-refractivity contribution in [2.75, 3.05) is 26.2 Å². The Labute approximate surface area is 99.2 Å². The zero-order valence-corrected chi connectivity index (χ0v) is 10.3. The van der Waals surface area contributed by atoms with E-state index in [9.17, 15) is 5.11 Å². The highest BCUT2D eigenvalue weighted by atomic mass is 16.3. The van der Waals surface area contributed by atoms with Gasteiger partial charge in [-0.05, 0) is 38.8 Å². The first kappa shape index (κ1) is 12.3. The minimum Gasteiger partial charge on any atom is -0.392 e. The number of aliphatic hydroxyl groups excluding tert-OH is 1. The van der Waals surface area contributed by atoms with Crippen LogP contribution in [0, 0.1) is 0 Å². The summed E-state index contributed by atoms with van der Waals surface area (Å²) in [6.07, 6.45) is 8.66. The highest BCUT2D eigenvalue weighted by Gasteiger charge is 2.22. The molecule has 0 aromatic rings. The van der Waals surface area contributed by atoms with Crippen molar-refractivity contribution in [1.82, 2.24) is 10.2 Å². The summed E-state index contributed by atoms with van der Waals surface area (Å²) in [5.74, 6) is 0. The number of hydrogen-bond acceptors (Lipinski definition) is 3. The minimum atomic E-state index is -0.102. The van der Waals surface area contributed by atoms with Gasteiger partial charge in [0.15, 0.2) is 0 Å². The second-order valence-corrected chi connectivity index (χ2v) is 5.31. The number of nitrogens with one attached hydrogen (secondary N) is 1. The van der Waals surface area contributed by atoms with E-state index in [1.807, 2.05) is 0 Å². The topological polar surface area (TPSA) is 35.5 Å². The van der Waals surface area contributed by atoms with Gasteiger partial charge in [0.2, 0.25) is 0 Å². The van der Waals surface area contributed by atoms with Gasteiger partial charge in [0, 0.05) is 19.1 Å². The molecule has 94 valence electrons. The average Bonchev–Trinajstić information content (AvgIpc) is 2.33. The molecule has 1 aliphatic carbocycles. The van der Waals surface area contributed by atoms with Gasteiger partial charge in [-0.2, -0.15) is 0 Å². The zero-order valence-electron chi connectivity index (χ0n) is 10.3. The third kappa shape index (κ3) is 3.72. The van der Waals surface area contributed by atoms with Gasteiger partial charge in [-0.25, -0.2) is 0 Å². The molecule has 2 rings (SSSR count). The first-order valence-corrected chi connectivity index (χ1v) is 7.00. The number of piperidine rings is 1. The van der Waals surface area contributed by atoms with Crippen molar-refractivity contribution in [3.8, 4) is 0 Å². The Bertz CT molecular complexity index is 192. The summed E-state index contributed by atoms with van der Waals surface area (Å²) in [5, 5.41) is 13.4. The minimum absolute atomic E-state index is 0.102. The summed E-state index contributed by atoms with van der Waals surface area (Å²) in [6, 6.07) is 0.360. The molecule has 0 radical (unpaired) electrons. The summed E-state index contributed by atoms with van der Waals surface area (Å²) < 4.78 is 0. The first-order valence-electron chi connectivity index (χ1n) is 7.00. The van der Waals surface area contributed by atoms with E-state index in [2.05, 4.69) is 10.2 Å². The van der Waals surface area contributed by atoms with Gasteiger partial charge in [-0.15, -0.1) is 0 Å². The van der Waals surface area contributed by atoms with Gasteiger partial charge in [0.05, 0.1) is 6.10 Å². The fourth-order valence-electron chi connectivity index (χ4n) is 2.94. The molecule has 1 saturated carbocycles. The fraction of sp³-hybridized carbons (Fsp3) is 1.00. The molecule has 0 spiro atoms. The first-order chi connectivity index (χ1) is 7.86. The van der Waals surface area contributed by atoms with E-state index in [4.69, 9.17) is 0 Å². The van der Waals surface area contributed by atoms with Crippen LogP contribution in [-0.2, 0) is 0 Å². The molecule has 0 unspecified atom stereocenters. The molecular formula is C13H26N2O. The lowest BCUT2D eigenvalue weighted by atomic mass is 9.92. The van der Waals surface area contributed by atoms with Crippen molar-refractivity contribution in [1.29, 1.82) is 0 Å². The Morgan fingerprint density at radius 3 is 2.50 bits per heavy atom. The van der Waals surface area contributed by atoms with Crippen molar-refractivity contribution >= 4 is 0 Å². The van der Waals surface area contributed by atoms with Crippen molar-refractivity contribution in [2.24, 2.45) is 0 Å². The highest BCUT2D eigenvalue weighted by molar-refractivity contribution is 4.80. The van der Waals surface area contributed by atoms with Gasteiger partial charge >= 0.3 is 0 Å². The molecule has 0 bridgehead atoms. The molecule has 2 atom stereocenters. The second-order valence-electron chi connectivity index (χ2n) is 5.31. The number of likely N-dealkylation sites (tertiary alicyclic amines) is 1. The van der Waals surface area contributed by atoms with E-state index in [0.29, 0.717) is 6.04 Å². The van der Waals surface area contributed by atoms with Crippen LogP contribution in [0.2, 0.25) is 0 Å². The Balaban J connectivity index is 1.59. The molecule has 2 fully saturated rings. The molecule has 1 aliphatic heterocycles. The molecule has 1 saturated heterocycles. The summed E-state index contributed by atoms with van der Waals surface area (Å²) >= 11 is 0. The van der Waals surface area contributed by atoms with Crippen LogP contribution >= 0.6 is 0 Å². The molecule has 1 heterocycles. The fourth-order valence-corrected chi connectivity index (χ4v) is 2.94. The Hall–Kier alpha value is -0.120. The summed E-state index contributed by atoms with van der Waals surface area (Å²) in [4.78, 5) is 2.55. The molecule has 0 aromatic heterocycles. The number of rotatable bonds is 4. The van der Waals surface area contributed by atoms with Gasteiger partial charge in [0.25, 0.3) is 0 Å². The highest BCUT2D eigenvalue weighted by Crippen LogP contribution is 2.18. The average molecular weight is 226 g/mol. The maximum absolute atomic E-state index is 9.83. The number of hydrogen-bond donors (Lipinski definition) is 2. The van der Waals surface area contributed by atoms with Crippen LogP contribution in [0.4, 0.5) is 0 Å². The van der Waals surface area contributed by atoms with Crippen molar-refractivity contribution in [3.63, 3.8) is 0 Å². The lowest BCUT2D eigenvalue weighted by Gasteiger charge is -2.31. The molecule has 2 N–H and O–H groups in total. The lowest BCUT2D eigenvalue weighted by Crippen LogP contribution is -2.45. The van der Waals surface area contributed by atoms with E-state index in [0.717, 1.165) is 25.9 Å². The van der Waals surface area contributed by atoms with Crippen LogP contribution in [0.1, 0.15) is 44.9 Å². The maximum Gasteiger partial charge on any atom is 0.0693 e. The molecule has 0 amide bonds. The molecule has 0 aromatic carbocycles. The molecule has 3 heteroatoms. The predicted octanol–water partition coefficient (Wildman–Crippen LogP) is 1.37. The van der Waals surface area contributed by atoms with Crippen LogP contribution < -0.4 is 5.32 Å². The van der Waals surface area contributed by atoms with Gasteiger partial charge < -0.3 is 15.3 Å². The second kappa shape index (κ2) is 6.58. The number of nitrogens with zero attached hydrogens (tertiary/aromatic N) is 1. The summed E-state index contributed by atoms with van der Waals surface area (Å²) in [5.41, 5.74) is 0.